The highest BCUT2D eigenvalue weighted by Crippen LogP contribution is 2.42. The van der Waals surface area contributed by atoms with E-state index in [1.54, 1.807) is 0 Å². The molecule has 0 atom stereocenters. The van der Waals surface area contributed by atoms with E-state index in [-0.39, 0.29) is 0 Å². The number of para-hydroxylation sites is 1. The molecule has 0 saturated carbocycles. The summed E-state index contributed by atoms with van der Waals surface area (Å²) >= 11 is 0. The molecule has 5 aromatic rings. The molecule has 7 rings (SSSR count). The van der Waals surface area contributed by atoms with Gasteiger partial charge in [-0.1, -0.05) is 54.6 Å². The van der Waals surface area contributed by atoms with Crippen LogP contribution in [0, 0.1) is 0 Å². The highest BCUT2D eigenvalue weighted by molar-refractivity contribution is 6.04. The zero-order valence-electron chi connectivity index (χ0n) is 23.3. The van der Waals surface area contributed by atoms with Gasteiger partial charge in [-0.25, -0.2) is 9.48 Å². The largest absolute Gasteiger partial charge is 0.493 e. The number of nitrogens with zero attached hydrogens (tertiary/aromatic N) is 4. The van der Waals surface area contributed by atoms with Gasteiger partial charge in [-0.15, -0.1) is 0 Å². The van der Waals surface area contributed by atoms with E-state index in [2.05, 4.69) is 42.3 Å². The Morgan fingerprint density at radius 3 is 2.73 bits per heavy atom. The van der Waals surface area contributed by atoms with Gasteiger partial charge < -0.3 is 24.0 Å². The van der Waals surface area contributed by atoms with Gasteiger partial charge >= 0.3 is 5.97 Å². The Labute approximate surface area is 238 Å². The van der Waals surface area contributed by atoms with Crippen molar-refractivity contribution >= 4 is 27.6 Å². The van der Waals surface area contributed by atoms with Crippen LogP contribution in [0.1, 0.15) is 41.0 Å². The molecule has 210 valence electrons. The van der Waals surface area contributed by atoms with Crippen LogP contribution in [0.3, 0.4) is 0 Å². The molecule has 8 nitrogen and oxygen atoms in total. The lowest BCUT2D eigenvalue weighted by Gasteiger charge is -2.21. The molecule has 0 aliphatic carbocycles. The molecule has 2 aliphatic rings. The average molecular weight is 551 g/mol. The maximum absolute atomic E-state index is 12.8. The Balaban J connectivity index is 1.29. The smallest absolute Gasteiger partial charge is 0.352 e. The molecule has 2 aliphatic heterocycles. The molecule has 0 radical (unpaired) electrons. The average Bonchev–Trinajstić information content (AvgIpc) is 3.50. The van der Waals surface area contributed by atoms with E-state index < -0.39 is 5.97 Å². The van der Waals surface area contributed by atoms with Gasteiger partial charge in [0.1, 0.15) is 11.4 Å². The summed E-state index contributed by atoms with van der Waals surface area (Å²) in [5.41, 5.74) is 5.18. The quantitative estimate of drug-likeness (QED) is 0.262. The van der Waals surface area contributed by atoms with Gasteiger partial charge in [-0.05, 0) is 49.9 Å². The summed E-state index contributed by atoms with van der Waals surface area (Å²) in [4.78, 5) is 15.1. The number of rotatable bonds is 6. The van der Waals surface area contributed by atoms with Crippen molar-refractivity contribution in [2.24, 2.45) is 0 Å². The summed E-state index contributed by atoms with van der Waals surface area (Å²) in [6.07, 6.45) is 3.08. The van der Waals surface area contributed by atoms with E-state index in [1.807, 2.05) is 39.6 Å². The summed E-state index contributed by atoms with van der Waals surface area (Å²) in [6.45, 7) is 4.18. The Kier molecular flexibility index (Phi) is 6.63. The summed E-state index contributed by atoms with van der Waals surface area (Å²) in [5.74, 6) is 0.755. The number of benzene rings is 3. The summed E-state index contributed by atoms with van der Waals surface area (Å²) in [7, 11) is 2.10. The van der Waals surface area contributed by atoms with Crippen LogP contribution in [0.4, 0.5) is 0 Å². The fourth-order valence-electron chi connectivity index (χ4n) is 6.55. The van der Waals surface area contributed by atoms with E-state index in [1.165, 1.54) is 0 Å². The van der Waals surface area contributed by atoms with Crippen molar-refractivity contribution in [3.63, 3.8) is 0 Å². The standard InChI is InChI=1S/C33H34N4O4/c1-35-16-7-17-36-30-24(12-5-13-26(30)29-27(21-35)34-37-18-8-20-41-32(29)37)25(31(36)33(38)39)14-6-19-40-28-15-4-10-22-9-2-3-11-23(22)28/h2-5,9-13,15H,6-8,14,16-21H2,1H3,(H,38,39). The second-order valence-corrected chi connectivity index (χ2v) is 11.1. The number of ether oxygens (including phenoxy) is 2. The maximum Gasteiger partial charge on any atom is 0.352 e. The molecule has 0 amide bonds. The number of carboxylic acids is 1. The van der Waals surface area contributed by atoms with Crippen molar-refractivity contribution < 1.29 is 19.4 Å². The predicted octanol–water partition coefficient (Wildman–Crippen LogP) is 5.99. The van der Waals surface area contributed by atoms with Gasteiger partial charge in [0.15, 0.2) is 0 Å². The third-order valence-corrected chi connectivity index (χ3v) is 8.31. The topological polar surface area (TPSA) is 81.8 Å². The first-order valence-corrected chi connectivity index (χ1v) is 14.5. The first kappa shape index (κ1) is 25.7. The molecular formula is C33H34N4O4. The van der Waals surface area contributed by atoms with Crippen molar-refractivity contribution in [2.75, 3.05) is 26.8 Å². The van der Waals surface area contributed by atoms with Crippen molar-refractivity contribution in [1.82, 2.24) is 19.2 Å². The Morgan fingerprint density at radius 2 is 1.83 bits per heavy atom. The van der Waals surface area contributed by atoms with Crippen molar-refractivity contribution in [2.45, 2.75) is 45.3 Å². The van der Waals surface area contributed by atoms with Crippen LogP contribution in [0.15, 0.2) is 60.7 Å². The van der Waals surface area contributed by atoms with Crippen LogP contribution >= 0.6 is 0 Å². The Morgan fingerprint density at radius 1 is 1.00 bits per heavy atom. The highest BCUT2D eigenvalue weighted by atomic mass is 16.5. The lowest BCUT2D eigenvalue weighted by Crippen LogP contribution is -2.22. The van der Waals surface area contributed by atoms with E-state index >= 15 is 0 Å². The molecule has 0 fully saturated rings. The molecule has 0 unspecified atom stereocenters. The molecule has 0 bridgehead atoms. The van der Waals surface area contributed by atoms with E-state index in [4.69, 9.17) is 14.6 Å². The van der Waals surface area contributed by atoms with Gasteiger partial charge in [0.05, 0.1) is 30.0 Å². The van der Waals surface area contributed by atoms with E-state index in [0.29, 0.717) is 38.3 Å². The number of aromatic nitrogens is 3. The summed E-state index contributed by atoms with van der Waals surface area (Å²) in [5, 5.41) is 18.7. The van der Waals surface area contributed by atoms with Crippen LogP contribution in [-0.2, 0) is 26.1 Å². The van der Waals surface area contributed by atoms with Gasteiger partial charge in [-0.3, -0.25) is 0 Å². The minimum atomic E-state index is -0.893. The number of fused-ring (bicyclic) bond motifs is 5. The number of aryl methyl sites for hydroxylation is 3. The maximum atomic E-state index is 12.8. The number of carbonyl (C=O) groups is 1. The zero-order chi connectivity index (χ0) is 27.9. The second kappa shape index (κ2) is 10.6. The van der Waals surface area contributed by atoms with Crippen LogP contribution in [0.5, 0.6) is 11.6 Å². The Bertz CT molecular complexity index is 1760. The second-order valence-electron chi connectivity index (χ2n) is 11.1. The minimum Gasteiger partial charge on any atom is -0.493 e. The third kappa shape index (κ3) is 4.52. The summed E-state index contributed by atoms with van der Waals surface area (Å²) < 4.78 is 16.4. The van der Waals surface area contributed by atoms with Crippen LogP contribution < -0.4 is 9.47 Å². The molecule has 1 N–H and O–H groups in total. The van der Waals surface area contributed by atoms with Crippen molar-refractivity contribution in [1.29, 1.82) is 0 Å². The number of hydrogen-bond acceptors (Lipinski definition) is 5. The fraction of sp³-hybridized carbons (Fsp3) is 0.333. The fourth-order valence-corrected chi connectivity index (χ4v) is 6.55. The molecule has 0 saturated heterocycles. The SMILES string of the molecule is CN1CCCn2c(C(=O)O)c(CCCOc3cccc4ccccc34)c3cccc(c32)-c2c(nn3c2OCCC3)C1. The molecule has 41 heavy (non-hydrogen) atoms. The zero-order valence-corrected chi connectivity index (χ0v) is 23.3. The molecule has 8 heteroatoms. The van der Waals surface area contributed by atoms with E-state index in [9.17, 15) is 9.90 Å². The number of aromatic carboxylic acids is 1. The van der Waals surface area contributed by atoms with Gasteiger partial charge in [-0.2, -0.15) is 5.10 Å². The van der Waals surface area contributed by atoms with Gasteiger partial charge in [0.2, 0.25) is 5.88 Å². The van der Waals surface area contributed by atoms with Crippen molar-refractivity contribution in [3.05, 3.63) is 77.6 Å². The monoisotopic (exact) mass is 550 g/mol. The normalized spacial score (nSPS) is 15.3. The molecule has 3 aromatic carbocycles. The first-order chi connectivity index (χ1) is 20.1. The summed E-state index contributed by atoms with van der Waals surface area (Å²) in [6, 6.07) is 20.5. The highest BCUT2D eigenvalue weighted by Gasteiger charge is 2.30. The van der Waals surface area contributed by atoms with Crippen LogP contribution in [0.2, 0.25) is 0 Å². The van der Waals surface area contributed by atoms with Crippen LogP contribution in [-0.4, -0.2) is 57.1 Å². The Hall–Kier alpha value is -4.30. The van der Waals surface area contributed by atoms with Gasteiger partial charge in [0, 0.05) is 42.4 Å². The molecule has 4 heterocycles. The van der Waals surface area contributed by atoms with Gasteiger partial charge in [0.25, 0.3) is 0 Å². The lowest BCUT2D eigenvalue weighted by atomic mass is 9.99. The number of hydrogen-bond donors (Lipinski definition) is 1. The first-order valence-electron chi connectivity index (χ1n) is 14.5. The minimum absolute atomic E-state index is 0.379. The lowest BCUT2D eigenvalue weighted by molar-refractivity contribution is 0.0684. The molecule has 0 spiro atoms. The molecule has 2 aromatic heterocycles. The third-order valence-electron chi connectivity index (χ3n) is 8.31. The number of carboxylic acid groups (broad SMARTS) is 1. The molecular weight excluding hydrogens is 516 g/mol. The van der Waals surface area contributed by atoms with Crippen molar-refractivity contribution in [3.8, 4) is 22.8 Å². The predicted molar refractivity (Wildman–Crippen MR) is 159 cm³/mol. The van der Waals surface area contributed by atoms with Crippen LogP contribution in [0.25, 0.3) is 32.8 Å². The van der Waals surface area contributed by atoms with E-state index in [0.717, 1.165) is 88.2 Å².